The van der Waals surface area contributed by atoms with Crippen LogP contribution in [-0.4, -0.2) is 36.0 Å². The fourth-order valence-corrected chi connectivity index (χ4v) is 2.26. The van der Waals surface area contributed by atoms with Gasteiger partial charge in [-0.25, -0.2) is 0 Å². The second-order valence-corrected chi connectivity index (χ2v) is 4.90. The van der Waals surface area contributed by atoms with Crippen LogP contribution in [0.2, 0.25) is 0 Å². The van der Waals surface area contributed by atoms with Crippen molar-refractivity contribution in [2.45, 2.75) is 38.6 Å². The van der Waals surface area contributed by atoms with Crippen molar-refractivity contribution >= 4 is 5.91 Å². The van der Waals surface area contributed by atoms with E-state index in [2.05, 4.69) is 10.2 Å². The first-order valence-electron chi connectivity index (χ1n) is 5.68. The van der Waals surface area contributed by atoms with Gasteiger partial charge in [0.1, 0.15) is 0 Å². The van der Waals surface area contributed by atoms with E-state index < -0.39 is 0 Å². The summed E-state index contributed by atoms with van der Waals surface area (Å²) < 4.78 is 0. The van der Waals surface area contributed by atoms with Gasteiger partial charge in [0.15, 0.2) is 0 Å². The van der Waals surface area contributed by atoms with E-state index in [4.69, 9.17) is 0 Å². The average molecular weight is 196 g/mol. The van der Waals surface area contributed by atoms with E-state index in [-0.39, 0.29) is 11.5 Å². The third kappa shape index (κ3) is 1.65. The zero-order valence-corrected chi connectivity index (χ0v) is 9.18. The molecule has 0 radical (unpaired) electrons. The Balaban J connectivity index is 2.10. The first kappa shape index (κ1) is 9.97. The first-order chi connectivity index (χ1) is 6.66. The summed E-state index contributed by atoms with van der Waals surface area (Å²) in [5.74, 6) is 0.483. The number of amides is 1. The molecule has 14 heavy (non-hydrogen) atoms. The van der Waals surface area contributed by atoms with Crippen LogP contribution in [0.15, 0.2) is 0 Å². The van der Waals surface area contributed by atoms with Gasteiger partial charge in [-0.05, 0) is 25.8 Å². The molecular formula is C11H20N2O. The van der Waals surface area contributed by atoms with Crippen LogP contribution in [0.4, 0.5) is 0 Å². The largest absolute Gasteiger partial charge is 0.335 e. The summed E-state index contributed by atoms with van der Waals surface area (Å²) >= 11 is 0. The highest BCUT2D eigenvalue weighted by Crippen LogP contribution is 2.42. The van der Waals surface area contributed by atoms with Crippen LogP contribution in [0.3, 0.4) is 0 Å². The van der Waals surface area contributed by atoms with E-state index in [1.54, 1.807) is 0 Å². The maximum absolute atomic E-state index is 12.0. The van der Waals surface area contributed by atoms with E-state index in [0.29, 0.717) is 5.91 Å². The Morgan fingerprint density at radius 1 is 1.43 bits per heavy atom. The van der Waals surface area contributed by atoms with Crippen molar-refractivity contribution in [3.05, 3.63) is 0 Å². The van der Waals surface area contributed by atoms with Crippen LogP contribution in [0.25, 0.3) is 0 Å². The van der Waals surface area contributed by atoms with Gasteiger partial charge in [0.2, 0.25) is 5.91 Å². The van der Waals surface area contributed by atoms with Crippen LogP contribution < -0.4 is 5.32 Å². The minimum absolute atomic E-state index is 0.144. The van der Waals surface area contributed by atoms with E-state index >= 15 is 0 Å². The highest BCUT2D eigenvalue weighted by Gasteiger charge is 2.50. The summed E-state index contributed by atoms with van der Waals surface area (Å²) in [5, 5.41) is 3.43. The minimum atomic E-state index is 0.144. The standard InChI is InChI=1S/C11H20N2O/c1-9(2)10(14)13-7-3-6-12-8-11(13)4-5-11/h9,12H,3-8H2,1-2H3. The highest BCUT2D eigenvalue weighted by molar-refractivity contribution is 5.79. The molecular weight excluding hydrogens is 176 g/mol. The van der Waals surface area contributed by atoms with E-state index in [0.717, 1.165) is 26.1 Å². The molecule has 2 aliphatic rings. The Morgan fingerprint density at radius 2 is 2.14 bits per heavy atom. The van der Waals surface area contributed by atoms with Gasteiger partial charge in [0.05, 0.1) is 5.54 Å². The zero-order chi connectivity index (χ0) is 10.2. The molecule has 1 saturated carbocycles. The van der Waals surface area contributed by atoms with Crippen LogP contribution in [0, 0.1) is 5.92 Å². The van der Waals surface area contributed by atoms with Crippen molar-refractivity contribution in [3.63, 3.8) is 0 Å². The molecule has 1 N–H and O–H groups in total. The number of hydrogen-bond donors (Lipinski definition) is 1. The Morgan fingerprint density at radius 3 is 2.71 bits per heavy atom. The van der Waals surface area contributed by atoms with E-state index in [9.17, 15) is 4.79 Å². The normalized spacial score (nSPS) is 25.2. The maximum Gasteiger partial charge on any atom is 0.225 e. The van der Waals surface area contributed by atoms with Crippen molar-refractivity contribution in [1.29, 1.82) is 0 Å². The molecule has 1 aliphatic carbocycles. The number of carbonyl (C=O) groups excluding carboxylic acids is 1. The Bertz CT molecular complexity index is 233. The molecule has 3 nitrogen and oxygen atoms in total. The zero-order valence-electron chi connectivity index (χ0n) is 9.18. The SMILES string of the molecule is CC(C)C(=O)N1CCCNCC12CC2. The molecule has 0 aromatic carbocycles. The average Bonchev–Trinajstić information content (AvgIpc) is 2.94. The van der Waals surface area contributed by atoms with Crippen molar-refractivity contribution in [3.8, 4) is 0 Å². The van der Waals surface area contributed by atoms with Crippen molar-refractivity contribution in [2.24, 2.45) is 5.92 Å². The third-order valence-electron chi connectivity index (χ3n) is 3.35. The molecule has 1 amide bonds. The van der Waals surface area contributed by atoms with Gasteiger partial charge in [-0.3, -0.25) is 4.79 Å². The molecule has 0 bridgehead atoms. The van der Waals surface area contributed by atoms with Crippen LogP contribution >= 0.6 is 0 Å². The quantitative estimate of drug-likeness (QED) is 0.678. The van der Waals surface area contributed by atoms with Crippen LogP contribution in [0.1, 0.15) is 33.1 Å². The summed E-state index contributed by atoms with van der Waals surface area (Å²) in [7, 11) is 0. The van der Waals surface area contributed by atoms with Gasteiger partial charge >= 0.3 is 0 Å². The molecule has 0 atom stereocenters. The molecule has 1 spiro atoms. The topological polar surface area (TPSA) is 32.3 Å². The number of carbonyl (C=O) groups is 1. The molecule has 1 heterocycles. The maximum atomic E-state index is 12.0. The van der Waals surface area contributed by atoms with Gasteiger partial charge < -0.3 is 10.2 Å². The predicted molar refractivity (Wildman–Crippen MR) is 56.0 cm³/mol. The second kappa shape index (κ2) is 3.54. The molecule has 0 aromatic heterocycles. The Labute approximate surface area is 85.8 Å². The van der Waals surface area contributed by atoms with Crippen molar-refractivity contribution in [2.75, 3.05) is 19.6 Å². The molecule has 3 heteroatoms. The predicted octanol–water partition coefficient (Wildman–Crippen LogP) is 0.997. The monoisotopic (exact) mass is 196 g/mol. The number of nitrogens with one attached hydrogen (secondary N) is 1. The second-order valence-electron chi connectivity index (χ2n) is 4.90. The first-order valence-corrected chi connectivity index (χ1v) is 5.68. The van der Waals surface area contributed by atoms with Crippen LogP contribution in [-0.2, 0) is 4.79 Å². The smallest absolute Gasteiger partial charge is 0.225 e. The molecule has 1 saturated heterocycles. The number of rotatable bonds is 1. The molecule has 1 aliphatic heterocycles. The van der Waals surface area contributed by atoms with E-state index in [1.165, 1.54) is 12.8 Å². The van der Waals surface area contributed by atoms with Crippen molar-refractivity contribution in [1.82, 2.24) is 10.2 Å². The van der Waals surface area contributed by atoms with Crippen molar-refractivity contribution < 1.29 is 4.79 Å². The van der Waals surface area contributed by atoms with Gasteiger partial charge in [-0.15, -0.1) is 0 Å². The summed E-state index contributed by atoms with van der Waals surface area (Å²) in [4.78, 5) is 14.1. The lowest BCUT2D eigenvalue weighted by Gasteiger charge is -2.31. The fourth-order valence-electron chi connectivity index (χ4n) is 2.26. The lowest BCUT2D eigenvalue weighted by atomic mass is 10.1. The third-order valence-corrected chi connectivity index (χ3v) is 3.35. The minimum Gasteiger partial charge on any atom is -0.335 e. The number of hydrogen-bond acceptors (Lipinski definition) is 2. The van der Waals surface area contributed by atoms with Gasteiger partial charge in [0.25, 0.3) is 0 Å². The fraction of sp³-hybridized carbons (Fsp3) is 0.909. The summed E-state index contributed by atoms with van der Waals surface area (Å²) in [5.41, 5.74) is 0.206. The van der Waals surface area contributed by atoms with Gasteiger partial charge in [-0.1, -0.05) is 13.8 Å². The highest BCUT2D eigenvalue weighted by atomic mass is 16.2. The molecule has 80 valence electrons. The Hall–Kier alpha value is -0.570. The van der Waals surface area contributed by atoms with Crippen LogP contribution in [0.5, 0.6) is 0 Å². The van der Waals surface area contributed by atoms with E-state index in [1.807, 2.05) is 13.8 Å². The number of nitrogens with zero attached hydrogens (tertiary/aromatic N) is 1. The lowest BCUT2D eigenvalue weighted by molar-refractivity contribution is -0.137. The van der Waals surface area contributed by atoms with Gasteiger partial charge in [0, 0.05) is 19.0 Å². The molecule has 2 rings (SSSR count). The molecule has 0 unspecified atom stereocenters. The summed E-state index contributed by atoms with van der Waals surface area (Å²) in [6.45, 7) is 7.01. The summed E-state index contributed by atoms with van der Waals surface area (Å²) in [6, 6.07) is 0. The van der Waals surface area contributed by atoms with Gasteiger partial charge in [-0.2, -0.15) is 0 Å². The molecule has 2 fully saturated rings. The summed E-state index contributed by atoms with van der Waals surface area (Å²) in [6.07, 6.45) is 3.48. The Kier molecular flexibility index (Phi) is 2.52. The lowest BCUT2D eigenvalue weighted by Crippen LogP contribution is -2.47. The molecule has 0 aromatic rings.